The fraction of sp³-hybridized carbons (Fsp3) is 0.900. The molecule has 0 saturated heterocycles. The summed E-state index contributed by atoms with van der Waals surface area (Å²) in [5.74, 6) is 0.961. The third-order valence-corrected chi connectivity index (χ3v) is 3.25. The maximum atomic E-state index is 11.8. The van der Waals surface area contributed by atoms with Gasteiger partial charge < -0.3 is 0 Å². The van der Waals surface area contributed by atoms with Crippen LogP contribution in [0.3, 0.4) is 0 Å². The van der Waals surface area contributed by atoms with Crippen LogP contribution in [-0.4, -0.2) is 5.78 Å². The van der Waals surface area contributed by atoms with Crippen LogP contribution in [0.2, 0.25) is 0 Å². The number of hydrogen-bond acceptors (Lipinski definition) is 1. The molecule has 0 amide bonds. The maximum Gasteiger partial charge on any atom is 0.144 e. The molecule has 0 bridgehead atoms. The molecule has 0 aromatic heterocycles. The summed E-state index contributed by atoms with van der Waals surface area (Å²) >= 11 is 0. The van der Waals surface area contributed by atoms with Gasteiger partial charge >= 0.3 is 0 Å². The van der Waals surface area contributed by atoms with Gasteiger partial charge in [-0.2, -0.15) is 0 Å². The third-order valence-electron chi connectivity index (χ3n) is 3.25. The van der Waals surface area contributed by atoms with E-state index in [9.17, 15) is 4.79 Å². The minimum absolute atomic E-state index is 0.0804. The molecule has 0 aromatic carbocycles. The van der Waals surface area contributed by atoms with Crippen LogP contribution >= 0.6 is 0 Å². The molecule has 0 radical (unpaired) electrons. The molecular formula is C10H18O. The topological polar surface area (TPSA) is 17.1 Å². The Morgan fingerprint density at radius 1 is 1.27 bits per heavy atom. The van der Waals surface area contributed by atoms with E-state index in [1.54, 1.807) is 0 Å². The Labute approximate surface area is 69.2 Å². The molecule has 0 N–H and O–H groups in total. The highest BCUT2D eigenvalue weighted by Crippen LogP contribution is 2.48. The van der Waals surface area contributed by atoms with E-state index in [0.29, 0.717) is 11.7 Å². The van der Waals surface area contributed by atoms with E-state index >= 15 is 0 Å². The van der Waals surface area contributed by atoms with Crippen LogP contribution in [0.5, 0.6) is 0 Å². The van der Waals surface area contributed by atoms with Crippen molar-refractivity contribution in [1.82, 2.24) is 0 Å². The molecule has 1 rings (SSSR count). The number of carbonyl (C=O) groups excluding carboxylic acids is 1. The molecule has 11 heavy (non-hydrogen) atoms. The highest BCUT2D eigenvalue weighted by molar-refractivity contribution is 5.91. The average molecular weight is 154 g/mol. The van der Waals surface area contributed by atoms with Crippen molar-refractivity contribution >= 4 is 5.78 Å². The van der Waals surface area contributed by atoms with E-state index in [0.717, 1.165) is 6.42 Å². The summed E-state index contributed by atoms with van der Waals surface area (Å²) in [7, 11) is 0. The first kappa shape index (κ1) is 8.76. The van der Waals surface area contributed by atoms with Gasteiger partial charge in [-0.25, -0.2) is 0 Å². The Bertz CT molecular complexity index is 189. The summed E-state index contributed by atoms with van der Waals surface area (Å²) in [6, 6.07) is 0. The van der Waals surface area contributed by atoms with Gasteiger partial charge in [0.1, 0.15) is 5.78 Å². The molecule has 64 valence electrons. The van der Waals surface area contributed by atoms with Crippen LogP contribution in [0.25, 0.3) is 0 Å². The normalized spacial score (nSPS) is 34.3. The van der Waals surface area contributed by atoms with Gasteiger partial charge in [-0.15, -0.1) is 0 Å². The van der Waals surface area contributed by atoms with Gasteiger partial charge in [0.05, 0.1) is 0 Å². The maximum absolute atomic E-state index is 11.8. The van der Waals surface area contributed by atoms with E-state index in [4.69, 9.17) is 0 Å². The summed E-state index contributed by atoms with van der Waals surface area (Å²) in [6.45, 7) is 10.4. The minimum Gasteiger partial charge on any atom is -0.298 e. The molecule has 1 saturated carbocycles. The molecule has 0 unspecified atom stereocenters. The highest BCUT2D eigenvalue weighted by Gasteiger charge is 2.50. The molecule has 1 heteroatoms. The number of rotatable bonds is 0. The zero-order chi connectivity index (χ0) is 8.86. The Balaban J connectivity index is 2.99. The van der Waals surface area contributed by atoms with Gasteiger partial charge in [-0.05, 0) is 12.3 Å². The predicted octanol–water partition coefficient (Wildman–Crippen LogP) is 2.65. The molecule has 0 aromatic rings. The molecule has 1 aliphatic rings. The van der Waals surface area contributed by atoms with Crippen molar-refractivity contribution in [2.75, 3.05) is 0 Å². The monoisotopic (exact) mass is 154 g/mol. The van der Waals surface area contributed by atoms with Gasteiger partial charge in [0, 0.05) is 10.8 Å². The van der Waals surface area contributed by atoms with Crippen molar-refractivity contribution in [2.24, 2.45) is 16.7 Å². The molecule has 0 heterocycles. The minimum atomic E-state index is -0.0938. The van der Waals surface area contributed by atoms with Gasteiger partial charge in [-0.1, -0.05) is 34.6 Å². The SMILES string of the molecule is C[C@@H]1CC(C)(C)C(=O)C1(C)C. The Kier molecular flexibility index (Phi) is 1.66. The predicted molar refractivity (Wildman–Crippen MR) is 46.4 cm³/mol. The van der Waals surface area contributed by atoms with Gasteiger partial charge in [0.2, 0.25) is 0 Å². The summed E-state index contributed by atoms with van der Waals surface area (Å²) in [5.41, 5.74) is -0.174. The largest absolute Gasteiger partial charge is 0.298 e. The molecular weight excluding hydrogens is 136 g/mol. The Morgan fingerprint density at radius 3 is 1.82 bits per heavy atom. The third kappa shape index (κ3) is 1.11. The number of Topliss-reactive ketones (excluding diaryl/α,β-unsaturated/α-hetero) is 1. The zero-order valence-corrected chi connectivity index (χ0v) is 8.19. The first-order valence-electron chi connectivity index (χ1n) is 4.33. The molecule has 1 nitrogen and oxygen atoms in total. The van der Waals surface area contributed by atoms with Crippen molar-refractivity contribution < 1.29 is 4.79 Å². The molecule has 0 spiro atoms. The zero-order valence-electron chi connectivity index (χ0n) is 8.19. The average Bonchev–Trinajstić information content (AvgIpc) is 1.94. The first-order valence-corrected chi connectivity index (χ1v) is 4.33. The second-order valence-electron chi connectivity index (χ2n) is 5.04. The van der Waals surface area contributed by atoms with Crippen LogP contribution < -0.4 is 0 Å². The highest BCUT2D eigenvalue weighted by atomic mass is 16.1. The smallest absolute Gasteiger partial charge is 0.144 e. The van der Waals surface area contributed by atoms with Crippen LogP contribution in [0.1, 0.15) is 41.0 Å². The molecule has 0 aliphatic heterocycles. The van der Waals surface area contributed by atoms with Crippen molar-refractivity contribution in [2.45, 2.75) is 41.0 Å². The first-order chi connectivity index (χ1) is 4.78. The van der Waals surface area contributed by atoms with E-state index in [1.165, 1.54) is 0 Å². The number of carbonyl (C=O) groups is 1. The van der Waals surface area contributed by atoms with E-state index in [2.05, 4.69) is 34.6 Å². The number of hydrogen-bond donors (Lipinski definition) is 0. The van der Waals surface area contributed by atoms with Crippen LogP contribution in [0.15, 0.2) is 0 Å². The van der Waals surface area contributed by atoms with E-state index in [1.807, 2.05) is 0 Å². The van der Waals surface area contributed by atoms with Crippen LogP contribution in [-0.2, 0) is 4.79 Å². The van der Waals surface area contributed by atoms with Crippen molar-refractivity contribution in [3.05, 3.63) is 0 Å². The van der Waals surface area contributed by atoms with Crippen LogP contribution in [0, 0.1) is 16.7 Å². The molecule has 1 fully saturated rings. The summed E-state index contributed by atoms with van der Waals surface area (Å²) < 4.78 is 0. The Hall–Kier alpha value is -0.330. The lowest BCUT2D eigenvalue weighted by Crippen LogP contribution is -2.28. The fourth-order valence-corrected chi connectivity index (χ4v) is 2.21. The summed E-state index contributed by atoms with van der Waals surface area (Å²) in [6.07, 6.45) is 1.04. The fourth-order valence-electron chi connectivity index (χ4n) is 2.21. The summed E-state index contributed by atoms with van der Waals surface area (Å²) in [5, 5.41) is 0. The standard InChI is InChI=1S/C10H18O/c1-7-6-9(2,3)8(11)10(7,4)5/h7H,6H2,1-5H3/t7-/m1/s1. The molecule has 1 aliphatic carbocycles. The lowest BCUT2D eigenvalue weighted by Gasteiger charge is -2.22. The van der Waals surface area contributed by atoms with Crippen molar-refractivity contribution in [3.63, 3.8) is 0 Å². The van der Waals surface area contributed by atoms with Crippen molar-refractivity contribution in [1.29, 1.82) is 0 Å². The van der Waals surface area contributed by atoms with Crippen molar-refractivity contribution in [3.8, 4) is 0 Å². The summed E-state index contributed by atoms with van der Waals surface area (Å²) in [4.78, 5) is 11.8. The lowest BCUT2D eigenvalue weighted by atomic mass is 9.80. The van der Waals surface area contributed by atoms with E-state index < -0.39 is 0 Å². The van der Waals surface area contributed by atoms with Gasteiger partial charge in [0.15, 0.2) is 0 Å². The van der Waals surface area contributed by atoms with Crippen LogP contribution in [0.4, 0.5) is 0 Å². The molecule has 1 atom stereocenters. The second-order valence-corrected chi connectivity index (χ2v) is 5.04. The lowest BCUT2D eigenvalue weighted by molar-refractivity contribution is -0.131. The number of ketones is 1. The van der Waals surface area contributed by atoms with E-state index in [-0.39, 0.29) is 10.8 Å². The second kappa shape index (κ2) is 2.09. The Morgan fingerprint density at radius 2 is 1.73 bits per heavy atom. The quantitative estimate of drug-likeness (QED) is 0.524. The van der Waals surface area contributed by atoms with Gasteiger partial charge in [0.25, 0.3) is 0 Å². The van der Waals surface area contributed by atoms with Gasteiger partial charge in [-0.3, -0.25) is 4.79 Å².